The fraction of sp³-hybridized carbons (Fsp3) is 0.115. The number of barbiturate groups is 1. The molecule has 0 bridgehead atoms. The molecule has 10 heteroatoms. The topological polar surface area (TPSA) is 84.9 Å². The van der Waals surface area contributed by atoms with Gasteiger partial charge in [0.2, 0.25) is 0 Å². The summed E-state index contributed by atoms with van der Waals surface area (Å²) in [7, 11) is 0. The van der Waals surface area contributed by atoms with Crippen molar-refractivity contribution >= 4 is 63.8 Å². The molecule has 4 amide bonds. The number of carbonyl (C=O) groups is 3. The Morgan fingerprint density at radius 2 is 1.78 bits per heavy atom. The molecule has 0 aliphatic carbocycles. The van der Waals surface area contributed by atoms with E-state index in [4.69, 9.17) is 21.1 Å². The van der Waals surface area contributed by atoms with Gasteiger partial charge in [-0.2, -0.15) is 0 Å². The van der Waals surface area contributed by atoms with E-state index in [0.29, 0.717) is 37.8 Å². The molecular weight excluding hydrogens is 602 g/mol. The Labute approximate surface area is 225 Å². The number of carbonyl (C=O) groups excluding carboxylic acids is 3. The highest BCUT2D eigenvalue weighted by molar-refractivity contribution is 14.1. The lowest BCUT2D eigenvalue weighted by Crippen LogP contribution is -2.54. The van der Waals surface area contributed by atoms with Crippen LogP contribution in [0.5, 0.6) is 11.5 Å². The maximum absolute atomic E-state index is 14.0. The highest BCUT2D eigenvalue weighted by atomic mass is 127. The summed E-state index contributed by atoms with van der Waals surface area (Å²) in [5.74, 6) is -1.21. The number of halogens is 3. The average molecular weight is 621 g/mol. The van der Waals surface area contributed by atoms with Gasteiger partial charge in [-0.3, -0.25) is 14.9 Å². The van der Waals surface area contributed by atoms with Gasteiger partial charge >= 0.3 is 6.03 Å². The van der Waals surface area contributed by atoms with E-state index in [1.54, 1.807) is 37.3 Å². The number of hydrogen-bond acceptors (Lipinski definition) is 5. The summed E-state index contributed by atoms with van der Waals surface area (Å²) in [6, 6.07) is 14.8. The molecule has 0 aromatic heterocycles. The molecule has 0 unspecified atom stereocenters. The van der Waals surface area contributed by atoms with Gasteiger partial charge in [0.1, 0.15) is 18.0 Å². The average Bonchev–Trinajstić information content (AvgIpc) is 2.83. The van der Waals surface area contributed by atoms with Gasteiger partial charge in [-0.1, -0.05) is 29.8 Å². The zero-order valence-electron chi connectivity index (χ0n) is 18.9. The largest absolute Gasteiger partial charge is 0.490 e. The first-order valence-corrected chi connectivity index (χ1v) is 12.2. The van der Waals surface area contributed by atoms with Gasteiger partial charge in [-0.15, -0.1) is 0 Å². The highest BCUT2D eigenvalue weighted by Gasteiger charge is 2.36. The smallest absolute Gasteiger partial charge is 0.335 e. The Balaban J connectivity index is 1.66. The molecule has 1 heterocycles. The van der Waals surface area contributed by atoms with Gasteiger partial charge in [0, 0.05) is 10.6 Å². The molecule has 7 nitrogen and oxygen atoms in total. The van der Waals surface area contributed by atoms with Gasteiger partial charge in [0.15, 0.2) is 11.5 Å². The van der Waals surface area contributed by atoms with Crippen LogP contribution >= 0.6 is 34.2 Å². The molecule has 36 heavy (non-hydrogen) atoms. The Bertz CT molecular complexity index is 1380. The highest BCUT2D eigenvalue weighted by Crippen LogP contribution is 2.36. The van der Waals surface area contributed by atoms with Crippen LogP contribution in [0.25, 0.3) is 6.08 Å². The molecule has 184 valence electrons. The normalized spacial score (nSPS) is 14.7. The zero-order chi connectivity index (χ0) is 25.8. The first kappa shape index (κ1) is 25.6. The van der Waals surface area contributed by atoms with Gasteiger partial charge in [-0.25, -0.2) is 14.1 Å². The number of benzene rings is 3. The van der Waals surface area contributed by atoms with Crippen molar-refractivity contribution < 1.29 is 28.2 Å². The molecule has 1 aliphatic rings. The number of amides is 4. The third-order valence-corrected chi connectivity index (χ3v) is 6.21. The van der Waals surface area contributed by atoms with Gasteiger partial charge in [0.05, 0.1) is 15.9 Å². The number of ether oxygens (including phenoxy) is 2. The minimum Gasteiger partial charge on any atom is -0.490 e. The fourth-order valence-corrected chi connectivity index (χ4v) is 4.40. The second-order valence-electron chi connectivity index (χ2n) is 7.58. The second kappa shape index (κ2) is 11.1. The summed E-state index contributed by atoms with van der Waals surface area (Å²) >= 11 is 7.94. The van der Waals surface area contributed by atoms with Gasteiger partial charge < -0.3 is 9.47 Å². The number of hydrogen-bond donors (Lipinski definition) is 1. The van der Waals surface area contributed by atoms with Crippen molar-refractivity contribution in [3.05, 3.63) is 91.8 Å². The quantitative estimate of drug-likeness (QED) is 0.207. The third kappa shape index (κ3) is 5.52. The van der Waals surface area contributed by atoms with Crippen LogP contribution in [0.2, 0.25) is 5.02 Å². The first-order chi connectivity index (χ1) is 17.3. The predicted molar refractivity (Wildman–Crippen MR) is 142 cm³/mol. The number of nitrogens with zero attached hydrogens (tertiary/aromatic N) is 1. The minimum absolute atomic E-state index is 0.0117. The van der Waals surface area contributed by atoms with Crippen LogP contribution in [0.4, 0.5) is 14.9 Å². The molecule has 1 N–H and O–H groups in total. The lowest BCUT2D eigenvalue weighted by Gasteiger charge is -2.26. The molecule has 0 spiro atoms. The maximum atomic E-state index is 14.0. The van der Waals surface area contributed by atoms with Crippen molar-refractivity contribution in [3.8, 4) is 11.5 Å². The SMILES string of the molecule is CCOc1cc(/C=C2\C(=O)NC(=O)N(c3ccc(Cl)cc3)C2=O)cc(I)c1OCc1ccccc1F. The summed E-state index contributed by atoms with van der Waals surface area (Å²) in [6.45, 7) is 2.11. The Kier molecular flexibility index (Phi) is 7.90. The van der Waals surface area contributed by atoms with Crippen LogP contribution in [-0.4, -0.2) is 24.5 Å². The van der Waals surface area contributed by atoms with Crippen molar-refractivity contribution in [2.24, 2.45) is 0 Å². The van der Waals surface area contributed by atoms with Gasteiger partial charge in [-0.05, 0) is 83.6 Å². The molecule has 3 aromatic rings. The van der Waals surface area contributed by atoms with Crippen LogP contribution in [0.1, 0.15) is 18.1 Å². The van der Waals surface area contributed by atoms with Crippen molar-refractivity contribution in [1.29, 1.82) is 0 Å². The van der Waals surface area contributed by atoms with E-state index in [-0.39, 0.29) is 23.7 Å². The van der Waals surface area contributed by atoms with Crippen LogP contribution in [0.3, 0.4) is 0 Å². The van der Waals surface area contributed by atoms with E-state index in [1.807, 2.05) is 22.6 Å². The summed E-state index contributed by atoms with van der Waals surface area (Å²) in [5.41, 5.74) is 0.896. The maximum Gasteiger partial charge on any atom is 0.335 e. The van der Waals surface area contributed by atoms with Crippen LogP contribution < -0.4 is 19.7 Å². The van der Waals surface area contributed by atoms with E-state index in [2.05, 4.69) is 5.32 Å². The number of urea groups is 1. The zero-order valence-corrected chi connectivity index (χ0v) is 21.8. The van der Waals surface area contributed by atoms with Crippen molar-refractivity contribution in [2.45, 2.75) is 13.5 Å². The molecule has 0 atom stereocenters. The Morgan fingerprint density at radius 1 is 1.06 bits per heavy atom. The van der Waals surface area contributed by atoms with E-state index < -0.39 is 17.8 Å². The van der Waals surface area contributed by atoms with Crippen molar-refractivity contribution in [1.82, 2.24) is 5.32 Å². The molecule has 4 rings (SSSR count). The lowest BCUT2D eigenvalue weighted by molar-refractivity contribution is -0.122. The Morgan fingerprint density at radius 3 is 2.47 bits per heavy atom. The van der Waals surface area contributed by atoms with E-state index in [1.165, 1.54) is 36.4 Å². The number of anilines is 1. The summed E-state index contributed by atoms with van der Waals surface area (Å²) in [5, 5.41) is 2.62. The lowest BCUT2D eigenvalue weighted by atomic mass is 10.1. The van der Waals surface area contributed by atoms with Crippen LogP contribution in [-0.2, 0) is 16.2 Å². The molecule has 0 radical (unpaired) electrons. The molecular formula is C26H19ClFIN2O5. The van der Waals surface area contributed by atoms with E-state index in [9.17, 15) is 18.8 Å². The minimum atomic E-state index is -0.856. The molecule has 1 fully saturated rings. The van der Waals surface area contributed by atoms with Crippen LogP contribution in [0, 0.1) is 9.39 Å². The van der Waals surface area contributed by atoms with Crippen molar-refractivity contribution in [3.63, 3.8) is 0 Å². The Hall–Kier alpha value is -3.44. The van der Waals surface area contributed by atoms with Crippen LogP contribution in [0.15, 0.2) is 66.2 Å². The number of rotatable bonds is 7. The summed E-state index contributed by atoms with van der Waals surface area (Å²) in [6.07, 6.45) is 1.37. The first-order valence-electron chi connectivity index (χ1n) is 10.8. The molecule has 1 saturated heterocycles. The molecule has 1 aliphatic heterocycles. The van der Waals surface area contributed by atoms with E-state index in [0.717, 1.165) is 4.90 Å². The number of nitrogens with one attached hydrogen (secondary N) is 1. The summed E-state index contributed by atoms with van der Waals surface area (Å²) < 4.78 is 26.2. The van der Waals surface area contributed by atoms with E-state index >= 15 is 0 Å². The number of imide groups is 2. The monoisotopic (exact) mass is 620 g/mol. The third-order valence-electron chi connectivity index (χ3n) is 5.16. The standard InChI is InChI=1S/C26H19ClFIN2O5/c1-2-35-22-13-15(12-21(29)23(22)36-14-16-5-3-4-6-20(16)28)11-19-24(32)30-26(34)31(25(19)33)18-9-7-17(27)8-10-18/h3-13H,2,14H2,1H3,(H,30,32,34)/b19-11+. The predicted octanol–water partition coefficient (Wildman–Crippen LogP) is 5.73. The fourth-order valence-electron chi connectivity index (χ4n) is 3.49. The molecule has 0 saturated carbocycles. The van der Waals surface area contributed by atoms with Crippen molar-refractivity contribution in [2.75, 3.05) is 11.5 Å². The molecule has 3 aromatic carbocycles. The second-order valence-corrected chi connectivity index (χ2v) is 9.18. The summed E-state index contributed by atoms with van der Waals surface area (Å²) in [4.78, 5) is 38.9. The van der Waals surface area contributed by atoms with Gasteiger partial charge in [0.25, 0.3) is 11.8 Å².